The molecule has 0 radical (unpaired) electrons. The van der Waals surface area contributed by atoms with Crippen LogP contribution in [-0.4, -0.2) is 26.3 Å². The molecule has 0 bridgehead atoms. The van der Waals surface area contributed by atoms with Crippen molar-refractivity contribution in [3.05, 3.63) is 6.07 Å². The van der Waals surface area contributed by atoms with E-state index in [1.54, 1.807) is 27.4 Å². The van der Waals surface area contributed by atoms with Crippen molar-refractivity contribution in [2.45, 2.75) is 0 Å². The van der Waals surface area contributed by atoms with Gasteiger partial charge in [0.05, 0.1) is 26.8 Å². The largest absolute Gasteiger partial charge is 0.493 e. The molecular formula is C10H12N2O3S. The minimum Gasteiger partial charge on any atom is -0.493 e. The molecule has 2 rings (SSSR count). The Kier molecular flexibility index (Phi) is 2.74. The van der Waals surface area contributed by atoms with Gasteiger partial charge in [-0.2, -0.15) is 0 Å². The quantitative estimate of drug-likeness (QED) is 0.887. The molecule has 0 aliphatic carbocycles. The fourth-order valence-electron chi connectivity index (χ4n) is 1.54. The van der Waals surface area contributed by atoms with Crippen molar-refractivity contribution in [3.8, 4) is 17.2 Å². The van der Waals surface area contributed by atoms with Gasteiger partial charge in [0.2, 0.25) is 5.75 Å². The molecule has 0 spiro atoms. The number of hydrogen-bond donors (Lipinski definition) is 1. The molecule has 2 N–H and O–H groups in total. The van der Waals surface area contributed by atoms with Gasteiger partial charge in [0.1, 0.15) is 4.70 Å². The van der Waals surface area contributed by atoms with Crippen molar-refractivity contribution in [1.29, 1.82) is 0 Å². The number of methoxy groups -OCH3 is 3. The molecule has 5 nitrogen and oxygen atoms in total. The second kappa shape index (κ2) is 4.05. The minimum atomic E-state index is 0.489. The zero-order valence-corrected chi connectivity index (χ0v) is 10.1. The van der Waals surface area contributed by atoms with Crippen molar-refractivity contribution in [3.63, 3.8) is 0 Å². The van der Waals surface area contributed by atoms with E-state index in [9.17, 15) is 0 Å². The van der Waals surface area contributed by atoms with E-state index >= 15 is 0 Å². The summed E-state index contributed by atoms with van der Waals surface area (Å²) in [5.41, 5.74) is 6.41. The van der Waals surface area contributed by atoms with Crippen molar-refractivity contribution in [2.75, 3.05) is 27.1 Å². The van der Waals surface area contributed by atoms with Gasteiger partial charge in [0.15, 0.2) is 16.6 Å². The number of rotatable bonds is 3. The maximum Gasteiger partial charge on any atom is 0.204 e. The van der Waals surface area contributed by atoms with E-state index in [1.165, 1.54) is 11.3 Å². The third-order valence-electron chi connectivity index (χ3n) is 2.20. The monoisotopic (exact) mass is 240 g/mol. The van der Waals surface area contributed by atoms with E-state index in [-0.39, 0.29) is 0 Å². The van der Waals surface area contributed by atoms with E-state index in [0.717, 1.165) is 10.2 Å². The summed E-state index contributed by atoms with van der Waals surface area (Å²) >= 11 is 1.36. The van der Waals surface area contributed by atoms with E-state index in [4.69, 9.17) is 19.9 Å². The predicted molar refractivity (Wildman–Crippen MR) is 63.7 cm³/mol. The van der Waals surface area contributed by atoms with Crippen LogP contribution in [0.25, 0.3) is 10.2 Å². The molecule has 0 unspecified atom stereocenters. The summed E-state index contributed by atoms with van der Waals surface area (Å²) in [4.78, 5) is 4.19. The average Bonchev–Trinajstić information content (AvgIpc) is 2.66. The van der Waals surface area contributed by atoms with Gasteiger partial charge in [0.25, 0.3) is 0 Å². The standard InChI is InChI=1S/C10H12N2O3S/c1-13-6-4-5-9(16-10(11)12-5)8(15-3)7(6)14-2/h4H,1-3H3,(H2,11,12). The van der Waals surface area contributed by atoms with Gasteiger partial charge in [-0.15, -0.1) is 0 Å². The lowest BCUT2D eigenvalue weighted by molar-refractivity contribution is 0.327. The maximum absolute atomic E-state index is 5.67. The molecule has 6 heteroatoms. The van der Waals surface area contributed by atoms with E-state index in [1.807, 2.05) is 0 Å². The van der Waals surface area contributed by atoms with Crippen LogP contribution in [0.5, 0.6) is 17.2 Å². The van der Waals surface area contributed by atoms with E-state index < -0.39 is 0 Å². The summed E-state index contributed by atoms with van der Waals surface area (Å²) < 4.78 is 16.7. The number of nitrogen functional groups attached to an aromatic ring is 1. The smallest absolute Gasteiger partial charge is 0.204 e. The van der Waals surface area contributed by atoms with E-state index in [0.29, 0.717) is 22.4 Å². The van der Waals surface area contributed by atoms with Crippen LogP contribution in [0.3, 0.4) is 0 Å². The molecule has 16 heavy (non-hydrogen) atoms. The van der Waals surface area contributed by atoms with Gasteiger partial charge in [-0.25, -0.2) is 4.98 Å². The molecule has 1 aromatic heterocycles. The Morgan fingerprint density at radius 2 is 1.81 bits per heavy atom. The number of ether oxygens (including phenoxy) is 3. The third-order valence-corrected chi connectivity index (χ3v) is 3.10. The van der Waals surface area contributed by atoms with Crippen LogP contribution in [0.4, 0.5) is 5.13 Å². The number of thiazole rings is 1. The maximum atomic E-state index is 5.67. The van der Waals surface area contributed by atoms with Gasteiger partial charge in [0, 0.05) is 6.07 Å². The SMILES string of the molecule is COc1cc2nc(N)sc2c(OC)c1OC. The molecular weight excluding hydrogens is 228 g/mol. The second-order valence-corrected chi connectivity index (χ2v) is 4.08. The third kappa shape index (κ3) is 1.51. The van der Waals surface area contributed by atoms with Crippen LogP contribution in [0.2, 0.25) is 0 Å². The van der Waals surface area contributed by atoms with Crippen LogP contribution < -0.4 is 19.9 Å². The highest BCUT2D eigenvalue weighted by molar-refractivity contribution is 7.22. The topological polar surface area (TPSA) is 66.6 Å². The molecule has 0 amide bonds. The summed E-state index contributed by atoms with van der Waals surface area (Å²) in [5, 5.41) is 0.489. The minimum absolute atomic E-state index is 0.489. The normalized spacial score (nSPS) is 10.4. The highest BCUT2D eigenvalue weighted by Gasteiger charge is 2.18. The Hall–Kier alpha value is -1.69. The molecule has 2 aromatic rings. The second-order valence-electron chi connectivity index (χ2n) is 3.05. The van der Waals surface area contributed by atoms with Crippen LogP contribution in [0.15, 0.2) is 6.07 Å². The predicted octanol–water partition coefficient (Wildman–Crippen LogP) is 1.90. The summed E-state index contributed by atoms with van der Waals surface area (Å²) in [5.74, 6) is 1.74. The van der Waals surface area contributed by atoms with Crippen molar-refractivity contribution < 1.29 is 14.2 Å². The molecule has 0 saturated heterocycles. The first-order valence-electron chi connectivity index (χ1n) is 4.56. The zero-order valence-electron chi connectivity index (χ0n) is 9.23. The average molecular weight is 240 g/mol. The van der Waals surface area contributed by atoms with Gasteiger partial charge >= 0.3 is 0 Å². The molecule has 0 saturated carbocycles. The Labute approximate surface area is 96.7 Å². The zero-order chi connectivity index (χ0) is 11.7. The number of anilines is 1. The van der Waals surface area contributed by atoms with Crippen LogP contribution >= 0.6 is 11.3 Å². The molecule has 0 atom stereocenters. The van der Waals surface area contributed by atoms with Crippen LogP contribution in [-0.2, 0) is 0 Å². The summed E-state index contributed by atoms with van der Waals surface area (Å²) in [6.07, 6.45) is 0. The number of nitrogens with two attached hydrogens (primary N) is 1. The molecule has 1 aromatic carbocycles. The summed E-state index contributed by atoms with van der Waals surface area (Å²) in [6, 6.07) is 1.78. The molecule has 0 fully saturated rings. The molecule has 1 heterocycles. The fourth-order valence-corrected chi connectivity index (χ4v) is 2.38. The lowest BCUT2D eigenvalue weighted by Crippen LogP contribution is -1.94. The van der Waals surface area contributed by atoms with Crippen LogP contribution in [0.1, 0.15) is 0 Å². The first-order valence-corrected chi connectivity index (χ1v) is 5.38. The highest BCUT2D eigenvalue weighted by atomic mass is 32.1. The van der Waals surface area contributed by atoms with E-state index in [2.05, 4.69) is 4.98 Å². The Balaban J connectivity index is 2.81. The number of hydrogen-bond acceptors (Lipinski definition) is 6. The first kappa shape index (κ1) is 10.8. The molecule has 86 valence electrons. The van der Waals surface area contributed by atoms with Gasteiger partial charge in [-0.1, -0.05) is 11.3 Å². The fraction of sp³-hybridized carbons (Fsp3) is 0.300. The molecule has 0 aliphatic heterocycles. The molecule has 0 aliphatic rings. The summed E-state index contributed by atoms with van der Waals surface area (Å²) in [6.45, 7) is 0. The van der Waals surface area contributed by atoms with Crippen molar-refractivity contribution >= 4 is 26.7 Å². The lowest BCUT2D eigenvalue weighted by Gasteiger charge is -2.11. The number of fused-ring (bicyclic) bond motifs is 1. The van der Waals surface area contributed by atoms with Crippen molar-refractivity contribution in [2.24, 2.45) is 0 Å². The highest BCUT2D eigenvalue weighted by Crippen LogP contribution is 2.45. The van der Waals surface area contributed by atoms with Gasteiger partial charge < -0.3 is 19.9 Å². The Bertz CT molecular complexity index is 524. The van der Waals surface area contributed by atoms with Crippen LogP contribution in [0, 0.1) is 0 Å². The lowest BCUT2D eigenvalue weighted by atomic mass is 10.2. The van der Waals surface area contributed by atoms with Gasteiger partial charge in [-0.3, -0.25) is 0 Å². The number of aromatic nitrogens is 1. The summed E-state index contributed by atoms with van der Waals surface area (Å²) in [7, 11) is 4.71. The number of benzene rings is 1. The van der Waals surface area contributed by atoms with Crippen molar-refractivity contribution in [1.82, 2.24) is 4.98 Å². The van der Waals surface area contributed by atoms with Gasteiger partial charge in [-0.05, 0) is 0 Å². The Morgan fingerprint density at radius 3 is 2.38 bits per heavy atom. The number of nitrogens with zero attached hydrogens (tertiary/aromatic N) is 1. The first-order chi connectivity index (χ1) is 7.71. The Morgan fingerprint density at radius 1 is 1.12 bits per heavy atom.